The Morgan fingerprint density at radius 2 is 1.97 bits per heavy atom. The Bertz CT molecular complexity index is 902. The molecule has 0 saturated heterocycles. The maximum atomic E-state index is 17.1. The second-order valence-corrected chi connectivity index (χ2v) is 11.0. The number of aliphatic hydroxyl groups excluding tert-OH is 1. The lowest BCUT2D eigenvalue weighted by Gasteiger charge is -2.62. The fourth-order valence-corrected chi connectivity index (χ4v) is 7.65. The summed E-state index contributed by atoms with van der Waals surface area (Å²) in [6.07, 6.45) is 4.53. The van der Waals surface area contributed by atoms with Gasteiger partial charge in [-0.25, -0.2) is 4.39 Å². The van der Waals surface area contributed by atoms with Crippen LogP contribution in [-0.4, -0.2) is 72.9 Å². The third-order valence-corrected chi connectivity index (χ3v) is 9.48. The minimum Gasteiger partial charge on any atom is -0.390 e. The van der Waals surface area contributed by atoms with Crippen molar-refractivity contribution in [2.45, 2.75) is 63.8 Å². The lowest BCUT2D eigenvalue weighted by molar-refractivity contribution is -0.220. The number of alkyl halides is 1. The maximum Gasteiger partial charge on any atom is 0.190 e. The number of halogens is 1. The molecule has 4 aliphatic rings. The van der Waals surface area contributed by atoms with Crippen molar-refractivity contribution < 1.29 is 38.4 Å². The third kappa shape index (κ3) is 3.40. The van der Waals surface area contributed by atoms with E-state index >= 15 is 4.39 Å². The van der Waals surface area contributed by atoms with Crippen molar-refractivity contribution in [3.8, 4) is 0 Å². The van der Waals surface area contributed by atoms with E-state index in [9.17, 15) is 19.8 Å². The molecule has 7 nitrogen and oxygen atoms in total. The molecule has 8 heteroatoms. The summed E-state index contributed by atoms with van der Waals surface area (Å²) in [5.74, 6) is -1.90. The molecular formula is C26H37FO7. The van der Waals surface area contributed by atoms with Crippen molar-refractivity contribution in [1.82, 2.24) is 0 Å². The first-order chi connectivity index (χ1) is 16.0. The highest BCUT2D eigenvalue weighted by Crippen LogP contribution is 2.70. The molecule has 0 heterocycles. The SMILES string of the molecule is COCCOCOCC(=O)[C@@]1(O)C(C)C[C@H]2[C@@H]3CCC4=CC(=O)C=C[C@]4(C)[C@@]3(F)C(O)C[C@@]21C. The van der Waals surface area contributed by atoms with E-state index in [-0.39, 0.29) is 31.5 Å². The highest BCUT2D eigenvalue weighted by atomic mass is 19.1. The van der Waals surface area contributed by atoms with E-state index in [1.54, 1.807) is 20.1 Å². The Labute approximate surface area is 200 Å². The van der Waals surface area contributed by atoms with E-state index in [2.05, 4.69) is 0 Å². The van der Waals surface area contributed by atoms with Crippen LogP contribution in [-0.2, 0) is 23.8 Å². The van der Waals surface area contributed by atoms with Crippen LogP contribution in [0.4, 0.5) is 4.39 Å². The van der Waals surface area contributed by atoms with E-state index in [0.29, 0.717) is 38.0 Å². The number of fused-ring (bicyclic) bond motifs is 5. The van der Waals surface area contributed by atoms with Gasteiger partial charge in [0.2, 0.25) is 0 Å². The quantitative estimate of drug-likeness (QED) is 0.407. The molecule has 3 saturated carbocycles. The average molecular weight is 481 g/mol. The molecule has 0 aromatic rings. The molecule has 0 aromatic carbocycles. The zero-order valence-corrected chi connectivity index (χ0v) is 20.5. The van der Waals surface area contributed by atoms with Crippen molar-refractivity contribution in [2.24, 2.45) is 28.6 Å². The Morgan fingerprint density at radius 1 is 1.24 bits per heavy atom. The molecule has 0 spiro atoms. The molecule has 2 N–H and O–H groups in total. The fraction of sp³-hybridized carbons (Fsp3) is 0.769. The number of carbonyl (C=O) groups is 2. The van der Waals surface area contributed by atoms with Crippen LogP contribution >= 0.6 is 0 Å². The van der Waals surface area contributed by atoms with Crippen molar-refractivity contribution in [3.05, 3.63) is 23.8 Å². The number of hydrogen-bond donors (Lipinski definition) is 2. The van der Waals surface area contributed by atoms with Gasteiger partial charge in [0.15, 0.2) is 17.2 Å². The second-order valence-electron chi connectivity index (χ2n) is 11.0. The molecule has 0 amide bonds. The number of Topliss-reactive ketones (excluding diaryl/α,β-unsaturated/α-hetero) is 1. The number of ketones is 2. The topological polar surface area (TPSA) is 102 Å². The Kier molecular flexibility index (Phi) is 6.70. The molecule has 8 atom stereocenters. The lowest BCUT2D eigenvalue weighted by Crippen LogP contribution is -2.69. The number of rotatable bonds is 8. The predicted octanol–water partition coefficient (Wildman–Crippen LogP) is 2.54. The second kappa shape index (κ2) is 8.89. The van der Waals surface area contributed by atoms with Crippen LogP contribution in [0, 0.1) is 28.6 Å². The minimum absolute atomic E-state index is 0.0494. The van der Waals surface area contributed by atoms with Crippen LogP contribution < -0.4 is 0 Å². The number of hydrogen-bond acceptors (Lipinski definition) is 7. The highest BCUT2D eigenvalue weighted by Gasteiger charge is 2.75. The van der Waals surface area contributed by atoms with E-state index in [0.717, 1.165) is 0 Å². The van der Waals surface area contributed by atoms with Gasteiger partial charge in [-0.2, -0.15) is 0 Å². The molecule has 0 bridgehead atoms. The summed E-state index contributed by atoms with van der Waals surface area (Å²) in [5, 5.41) is 23.2. The molecule has 34 heavy (non-hydrogen) atoms. The Balaban J connectivity index is 1.59. The van der Waals surface area contributed by atoms with Gasteiger partial charge in [-0.1, -0.05) is 25.5 Å². The highest BCUT2D eigenvalue weighted by molar-refractivity contribution is 6.01. The Hall–Kier alpha value is -1.45. The first-order valence-corrected chi connectivity index (χ1v) is 12.2. The standard InChI is InChI=1S/C26H37FO7/c1-16-11-20-19-6-5-17-12-18(28)7-8-23(17,2)25(19,27)21(29)13-24(20,3)26(16,31)22(30)14-34-15-33-10-9-32-4/h7-8,12,16,19-21,29,31H,5-6,9-11,13-15H2,1-4H3/t16?,19-,20-,21?,23-,24-,25-,26-/m0/s1. The van der Waals surface area contributed by atoms with Crippen molar-refractivity contribution >= 4 is 11.6 Å². The van der Waals surface area contributed by atoms with Crippen LogP contribution in [0.3, 0.4) is 0 Å². The largest absolute Gasteiger partial charge is 0.390 e. The molecule has 190 valence electrons. The van der Waals surface area contributed by atoms with Gasteiger partial charge in [-0.3, -0.25) is 9.59 Å². The van der Waals surface area contributed by atoms with Crippen LogP contribution in [0.5, 0.6) is 0 Å². The summed E-state index contributed by atoms with van der Waals surface area (Å²) < 4.78 is 32.6. The lowest BCUT2D eigenvalue weighted by atomic mass is 9.44. The molecule has 0 aromatic heterocycles. The van der Waals surface area contributed by atoms with Gasteiger partial charge in [0.25, 0.3) is 0 Å². The first kappa shape index (κ1) is 25.6. The average Bonchev–Trinajstić information content (AvgIpc) is 2.99. The first-order valence-electron chi connectivity index (χ1n) is 12.2. The van der Waals surface area contributed by atoms with E-state index in [1.807, 2.05) is 13.8 Å². The van der Waals surface area contributed by atoms with Crippen molar-refractivity contribution in [2.75, 3.05) is 33.7 Å². The van der Waals surface area contributed by atoms with Gasteiger partial charge in [-0.05, 0) is 56.6 Å². The summed E-state index contributed by atoms with van der Waals surface area (Å²) in [5.41, 5.74) is -5.13. The third-order valence-electron chi connectivity index (χ3n) is 9.48. The summed E-state index contributed by atoms with van der Waals surface area (Å²) >= 11 is 0. The normalized spacial score (nSPS) is 45.4. The number of aliphatic hydroxyl groups is 2. The van der Waals surface area contributed by atoms with Crippen molar-refractivity contribution in [3.63, 3.8) is 0 Å². The minimum atomic E-state index is -1.99. The van der Waals surface area contributed by atoms with Crippen LogP contribution in [0.15, 0.2) is 23.8 Å². The zero-order valence-electron chi connectivity index (χ0n) is 20.5. The van der Waals surface area contributed by atoms with Gasteiger partial charge >= 0.3 is 0 Å². The van der Waals surface area contributed by atoms with Crippen molar-refractivity contribution in [1.29, 1.82) is 0 Å². The number of ether oxygens (including phenoxy) is 3. The molecule has 3 fully saturated rings. The molecule has 4 aliphatic carbocycles. The molecule has 0 aliphatic heterocycles. The molecule has 4 rings (SSSR count). The van der Waals surface area contributed by atoms with E-state index in [4.69, 9.17) is 14.2 Å². The summed E-state index contributed by atoms with van der Waals surface area (Å²) in [6, 6.07) is 0. The van der Waals surface area contributed by atoms with Crippen LogP contribution in [0.2, 0.25) is 0 Å². The fourth-order valence-electron chi connectivity index (χ4n) is 7.65. The predicted molar refractivity (Wildman–Crippen MR) is 122 cm³/mol. The smallest absolute Gasteiger partial charge is 0.190 e. The van der Waals surface area contributed by atoms with Gasteiger partial charge in [0, 0.05) is 23.9 Å². The summed E-state index contributed by atoms with van der Waals surface area (Å²) in [6.45, 7) is 5.69. The van der Waals surface area contributed by atoms with Crippen LogP contribution in [0.1, 0.15) is 46.5 Å². The Morgan fingerprint density at radius 3 is 2.68 bits per heavy atom. The summed E-state index contributed by atoms with van der Waals surface area (Å²) in [7, 11) is 1.56. The maximum absolute atomic E-state index is 17.1. The summed E-state index contributed by atoms with van der Waals surface area (Å²) in [4.78, 5) is 25.3. The monoisotopic (exact) mass is 480 g/mol. The van der Waals surface area contributed by atoms with Gasteiger partial charge in [0.1, 0.15) is 19.0 Å². The number of methoxy groups -OCH3 is 1. The zero-order chi connectivity index (χ0) is 24.9. The van der Waals surface area contributed by atoms with Gasteiger partial charge in [0.05, 0.1) is 19.3 Å². The van der Waals surface area contributed by atoms with E-state index in [1.165, 1.54) is 12.2 Å². The van der Waals surface area contributed by atoms with Gasteiger partial charge < -0.3 is 24.4 Å². The number of carbonyl (C=O) groups excluding carboxylic acids is 2. The van der Waals surface area contributed by atoms with Gasteiger partial charge in [-0.15, -0.1) is 0 Å². The molecular weight excluding hydrogens is 443 g/mol. The molecule has 0 radical (unpaired) electrons. The van der Waals surface area contributed by atoms with E-state index < -0.39 is 45.8 Å². The molecule has 2 unspecified atom stereocenters. The number of allylic oxidation sites excluding steroid dienone is 4. The van der Waals surface area contributed by atoms with Crippen LogP contribution in [0.25, 0.3) is 0 Å².